The van der Waals surface area contributed by atoms with Crippen LogP contribution in [0.5, 0.6) is 0 Å². The fourth-order valence-electron chi connectivity index (χ4n) is 9.95. The maximum atomic E-state index is 6.39. The first-order valence-corrected chi connectivity index (χ1v) is 22.4. The molecule has 0 spiro atoms. The summed E-state index contributed by atoms with van der Waals surface area (Å²) in [6.07, 6.45) is 13.5. The Hall–Kier alpha value is -8.24. The number of aromatic nitrogens is 2. The highest BCUT2D eigenvalue weighted by Gasteiger charge is 2.32. The molecule has 3 aliphatic rings. The van der Waals surface area contributed by atoms with Crippen molar-refractivity contribution in [1.82, 2.24) is 9.13 Å². The number of aliphatic imine (C=N–C) groups is 2. The van der Waals surface area contributed by atoms with Crippen LogP contribution in [0, 0.1) is 0 Å². The predicted octanol–water partition coefficient (Wildman–Crippen LogP) is 14.7. The molecule has 0 amide bonds. The molecule has 12 rings (SSSR count). The van der Waals surface area contributed by atoms with Gasteiger partial charge in [-0.15, -0.1) is 5.73 Å². The zero-order valence-corrected chi connectivity index (χ0v) is 36.2. The summed E-state index contributed by atoms with van der Waals surface area (Å²) in [4.78, 5) is 10.5. The highest BCUT2D eigenvalue weighted by molar-refractivity contribution is 6.18. The first kappa shape index (κ1) is 38.4. The first-order chi connectivity index (χ1) is 32.1. The Bertz CT molecular complexity index is 3660. The average molecular weight is 837 g/mol. The van der Waals surface area contributed by atoms with Gasteiger partial charge in [0.2, 0.25) is 0 Å². The van der Waals surface area contributed by atoms with Gasteiger partial charge in [0.1, 0.15) is 11.9 Å². The van der Waals surface area contributed by atoms with E-state index < -0.39 is 0 Å². The van der Waals surface area contributed by atoms with E-state index in [1.807, 2.05) is 30.4 Å². The van der Waals surface area contributed by atoms with E-state index in [1.54, 1.807) is 0 Å². The first-order valence-electron chi connectivity index (χ1n) is 22.4. The molecule has 1 aliphatic heterocycles. The molecule has 2 aromatic heterocycles. The molecule has 9 aromatic rings. The Kier molecular flexibility index (Phi) is 9.36. The van der Waals surface area contributed by atoms with Crippen LogP contribution in [0.4, 0.5) is 0 Å². The van der Waals surface area contributed by atoms with Gasteiger partial charge in [-0.1, -0.05) is 140 Å². The van der Waals surface area contributed by atoms with Crippen molar-refractivity contribution in [3.63, 3.8) is 0 Å². The molecule has 0 bridgehead atoms. The van der Waals surface area contributed by atoms with Gasteiger partial charge in [-0.3, -0.25) is 4.99 Å². The summed E-state index contributed by atoms with van der Waals surface area (Å²) in [5.74, 6) is 1.62. The molecule has 0 saturated carbocycles. The smallest absolute Gasteiger partial charge is 0.155 e. The monoisotopic (exact) mass is 836 g/mol. The quantitative estimate of drug-likeness (QED) is 0.0896. The number of fused-ring (bicyclic) bond motifs is 8. The molecule has 0 saturated heterocycles. The van der Waals surface area contributed by atoms with Gasteiger partial charge in [-0.2, -0.15) is 0 Å². The highest BCUT2D eigenvalue weighted by atomic mass is 16.5. The zero-order valence-electron chi connectivity index (χ0n) is 36.2. The lowest BCUT2D eigenvalue weighted by atomic mass is 9.94. The molecule has 2 unspecified atom stereocenters. The number of ether oxygens (including phenoxy) is 1. The second-order valence-electron chi connectivity index (χ2n) is 17.0. The molecule has 2 aliphatic carbocycles. The molecular weight excluding hydrogens is 793 g/mol. The van der Waals surface area contributed by atoms with Gasteiger partial charge in [-0.05, 0) is 103 Å². The van der Waals surface area contributed by atoms with Crippen LogP contribution in [-0.2, 0) is 4.74 Å². The van der Waals surface area contributed by atoms with Crippen LogP contribution in [0.3, 0.4) is 0 Å². The predicted molar refractivity (Wildman–Crippen MR) is 270 cm³/mol. The third-order valence-corrected chi connectivity index (χ3v) is 13.1. The fourth-order valence-corrected chi connectivity index (χ4v) is 9.95. The van der Waals surface area contributed by atoms with Crippen LogP contribution < -0.4 is 0 Å². The van der Waals surface area contributed by atoms with Gasteiger partial charge in [0.05, 0.1) is 28.1 Å². The summed E-state index contributed by atoms with van der Waals surface area (Å²) in [5.41, 5.74) is 18.9. The van der Waals surface area contributed by atoms with Gasteiger partial charge in [0, 0.05) is 61.8 Å². The van der Waals surface area contributed by atoms with Crippen molar-refractivity contribution in [3.05, 3.63) is 246 Å². The van der Waals surface area contributed by atoms with E-state index in [0.29, 0.717) is 5.84 Å². The summed E-state index contributed by atoms with van der Waals surface area (Å²) in [6.45, 7) is 4.20. The molecule has 2 atom stereocenters. The molecule has 0 N–H and O–H groups in total. The minimum atomic E-state index is -0.0882. The molecule has 65 heavy (non-hydrogen) atoms. The summed E-state index contributed by atoms with van der Waals surface area (Å²) in [7, 11) is 0. The van der Waals surface area contributed by atoms with Gasteiger partial charge in [0.25, 0.3) is 0 Å². The third kappa shape index (κ3) is 6.64. The summed E-state index contributed by atoms with van der Waals surface area (Å²) < 4.78 is 11.2. The van der Waals surface area contributed by atoms with Gasteiger partial charge >= 0.3 is 0 Å². The maximum Gasteiger partial charge on any atom is 0.155 e. The lowest BCUT2D eigenvalue weighted by Gasteiger charge is -2.20. The van der Waals surface area contributed by atoms with Crippen LogP contribution in [0.1, 0.15) is 43.0 Å². The number of nitrogens with zero attached hydrogens (tertiary/aromatic N) is 4. The molecule has 5 nitrogen and oxygen atoms in total. The Morgan fingerprint density at radius 3 is 2.23 bits per heavy atom. The lowest BCUT2D eigenvalue weighted by Crippen LogP contribution is -2.13. The zero-order chi connectivity index (χ0) is 43.4. The average Bonchev–Trinajstić information content (AvgIpc) is 3.93. The molecule has 3 heterocycles. The van der Waals surface area contributed by atoms with Crippen molar-refractivity contribution in [2.45, 2.75) is 32.4 Å². The number of hydrogen-bond donors (Lipinski definition) is 0. The second kappa shape index (κ2) is 15.8. The maximum absolute atomic E-state index is 6.39. The van der Waals surface area contributed by atoms with Gasteiger partial charge < -0.3 is 13.9 Å². The third-order valence-electron chi connectivity index (χ3n) is 13.1. The SMILES string of the molecule is CC(=NC(=NC(C)c1ccccc1)c1cccc(-n2c3ccccc3c3c(-c4ccc5c(c4)c4ccccc4n5C4=CCC5OC6=C(C=C=CC=C6)C5=C4)cccc32)c1)c1ccccc1. The van der Waals surface area contributed by atoms with E-state index in [4.69, 9.17) is 14.7 Å². The van der Waals surface area contributed by atoms with Crippen molar-refractivity contribution in [2.24, 2.45) is 9.98 Å². The van der Waals surface area contributed by atoms with E-state index in [0.717, 1.165) is 62.6 Å². The van der Waals surface area contributed by atoms with Crippen molar-refractivity contribution < 1.29 is 4.74 Å². The number of hydrogen-bond acceptors (Lipinski definition) is 2. The number of allylic oxidation sites excluding steroid dienone is 5. The van der Waals surface area contributed by atoms with Crippen LogP contribution in [0.2, 0.25) is 0 Å². The number of benzene rings is 7. The van der Waals surface area contributed by atoms with Crippen molar-refractivity contribution in [2.75, 3.05) is 0 Å². The van der Waals surface area contributed by atoms with Crippen molar-refractivity contribution in [3.8, 4) is 16.8 Å². The summed E-state index contributed by atoms with van der Waals surface area (Å²) >= 11 is 0. The number of amidine groups is 1. The van der Waals surface area contributed by atoms with Crippen molar-refractivity contribution in [1.29, 1.82) is 0 Å². The van der Waals surface area contributed by atoms with E-state index in [9.17, 15) is 0 Å². The van der Waals surface area contributed by atoms with Crippen LogP contribution in [-0.4, -0.2) is 26.8 Å². The fraction of sp³-hybridized carbons (Fsp3) is 0.0833. The number of para-hydroxylation sites is 2. The molecule has 7 aromatic carbocycles. The number of rotatable bonds is 7. The van der Waals surface area contributed by atoms with Crippen molar-refractivity contribution >= 4 is 60.9 Å². The van der Waals surface area contributed by atoms with Crippen LogP contribution >= 0.6 is 0 Å². The molecule has 0 radical (unpaired) electrons. The van der Waals surface area contributed by atoms with E-state index in [-0.39, 0.29) is 12.1 Å². The van der Waals surface area contributed by atoms with Crippen LogP contribution in [0.25, 0.3) is 66.1 Å². The minimum absolute atomic E-state index is 0.0187. The minimum Gasteiger partial charge on any atom is -0.485 e. The second-order valence-corrected chi connectivity index (χ2v) is 17.0. The summed E-state index contributed by atoms with van der Waals surface area (Å²) in [5, 5.41) is 4.87. The Balaban J connectivity index is 0.989. The molecule has 310 valence electrons. The van der Waals surface area contributed by atoms with E-state index >= 15 is 0 Å². The highest BCUT2D eigenvalue weighted by Crippen LogP contribution is 2.44. The van der Waals surface area contributed by atoms with Crippen LogP contribution in [0.15, 0.2) is 239 Å². The standard InChI is InChI=1S/C60H44N4O/c1-39(41-18-6-3-7-19-41)61-60(62-40(2)42-20-8-4-9-21-42)44-22-16-23-45(36-44)64-54-29-15-13-26-50(54)59-47(27-17-30-56(59)64)43-32-34-55-51(37-43)48-24-12-14-28-53(48)63(55)46-33-35-58-52(38-46)49-25-10-5-11-31-57(49)65-58/h3-9,11-34,36-39,58H,35H2,1-2H3. The molecule has 0 fully saturated rings. The molecular formula is C60H44N4O. The lowest BCUT2D eigenvalue weighted by molar-refractivity contribution is 0.178. The Labute approximate surface area is 378 Å². The topological polar surface area (TPSA) is 43.8 Å². The van der Waals surface area contributed by atoms with Gasteiger partial charge in [-0.25, -0.2) is 4.99 Å². The summed E-state index contributed by atoms with van der Waals surface area (Å²) in [6, 6.07) is 60.6. The van der Waals surface area contributed by atoms with Gasteiger partial charge in [0.15, 0.2) is 5.84 Å². The largest absolute Gasteiger partial charge is 0.485 e. The van der Waals surface area contributed by atoms with E-state index in [2.05, 4.69) is 205 Å². The molecule has 5 heteroatoms. The normalized spacial score (nSPS) is 16.5. The van der Waals surface area contributed by atoms with E-state index in [1.165, 1.54) is 49.3 Å². The Morgan fingerprint density at radius 2 is 1.38 bits per heavy atom. The Morgan fingerprint density at radius 1 is 0.677 bits per heavy atom.